The van der Waals surface area contributed by atoms with Crippen molar-refractivity contribution >= 4 is 54.3 Å². The molecule has 5 nitrogen and oxygen atoms in total. The molecule has 228 valence electrons. The third-order valence-corrected chi connectivity index (χ3v) is 9.38. The minimum atomic E-state index is 0.614. The van der Waals surface area contributed by atoms with E-state index >= 15 is 0 Å². The minimum absolute atomic E-state index is 0.614. The smallest absolute Gasteiger partial charge is 0.164 e. The van der Waals surface area contributed by atoms with E-state index in [9.17, 15) is 0 Å². The van der Waals surface area contributed by atoms with Gasteiger partial charge in [-0.15, -0.1) is 0 Å². The Labute approximate surface area is 281 Å². The summed E-state index contributed by atoms with van der Waals surface area (Å²) in [7, 11) is 0. The second kappa shape index (κ2) is 10.9. The van der Waals surface area contributed by atoms with Gasteiger partial charge in [-0.1, -0.05) is 109 Å². The van der Waals surface area contributed by atoms with Gasteiger partial charge in [0.05, 0.1) is 0 Å². The van der Waals surface area contributed by atoms with E-state index in [1.807, 2.05) is 24.4 Å². The highest BCUT2D eigenvalue weighted by Gasteiger charge is 2.18. The Morgan fingerprint density at radius 2 is 1.04 bits per heavy atom. The maximum atomic E-state index is 6.18. The number of aromatic nitrogens is 4. The summed E-state index contributed by atoms with van der Waals surface area (Å²) in [6, 6.07) is 50.5. The van der Waals surface area contributed by atoms with Crippen LogP contribution in [0.15, 0.2) is 162 Å². The van der Waals surface area contributed by atoms with Crippen molar-refractivity contribution in [3.05, 3.63) is 158 Å². The SMILES string of the molecule is c1ccc(-c2ccc3cc(-c4nc(-c5ccc6ccccc6c5)nc(-c5cccc6c5ccc5oc7ccncc7c56)n4)ccc3c2)cc1. The highest BCUT2D eigenvalue weighted by molar-refractivity contribution is 6.20. The monoisotopic (exact) mass is 626 g/mol. The Morgan fingerprint density at radius 1 is 0.388 bits per heavy atom. The first-order valence-electron chi connectivity index (χ1n) is 16.3. The molecule has 10 rings (SSSR count). The Kier molecular flexibility index (Phi) is 6.11. The maximum Gasteiger partial charge on any atom is 0.164 e. The van der Waals surface area contributed by atoms with Crippen LogP contribution < -0.4 is 0 Å². The quantitative estimate of drug-likeness (QED) is 0.194. The molecule has 0 N–H and O–H groups in total. The molecule has 5 heteroatoms. The van der Waals surface area contributed by atoms with Crippen LogP contribution in [0.3, 0.4) is 0 Å². The summed E-state index contributed by atoms with van der Waals surface area (Å²) < 4.78 is 6.18. The lowest BCUT2D eigenvalue weighted by atomic mass is 9.99. The van der Waals surface area contributed by atoms with Crippen LogP contribution in [0.25, 0.3) is 99.5 Å². The van der Waals surface area contributed by atoms with E-state index in [0.717, 1.165) is 65.6 Å². The normalized spacial score (nSPS) is 11.7. The zero-order valence-corrected chi connectivity index (χ0v) is 26.2. The standard InChI is InChI=1S/C44H26N4O/c1-2-7-27(8-3-1)30-14-15-32-25-34(18-16-31(32)23-30)43-46-42(33-17-13-28-9-4-5-10-29(28)24-33)47-44(48-43)37-12-6-11-36-35(37)19-20-40-41(36)38-26-45-22-21-39(38)49-40/h1-26H. The summed E-state index contributed by atoms with van der Waals surface area (Å²) >= 11 is 0. The molecule has 0 fully saturated rings. The Morgan fingerprint density at radius 3 is 1.84 bits per heavy atom. The van der Waals surface area contributed by atoms with E-state index in [1.54, 1.807) is 6.20 Å². The number of hydrogen-bond donors (Lipinski definition) is 0. The van der Waals surface area contributed by atoms with Crippen LogP contribution in [0.5, 0.6) is 0 Å². The zero-order chi connectivity index (χ0) is 32.3. The molecular formula is C44H26N4O. The molecule has 10 aromatic rings. The van der Waals surface area contributed by atoms with Crippen LogP contribution in [0.4, 0.5) is 0 Å². The van der Waals surface area contributed by atoms with Crippen molar-refractivity contribution in [2.45, 2.75) is 0 Å². The van der Waals surface area contributed by atoms with Gasteiger partial charge in [-0.2, -0.15) is 0 Å². The van der Waals surface area contributed by atoms with Gasteiger partial charge in [-0.3, -0.25) is 4.98 Å². The number of fused-ring (bicyclic) bond motifs is 7. The first-order valence-corrected chi connectivity index (χ1v) is 16.3. The summed E-state index contributed by atoms with van der Waals surface area (Å²) in [5, 5.41) is 8.72. The molecular weight excluding hydrogens is 601 g/mol. The molecule has 3 heterocycles. The summed E-state index contributed by atoms with van der Waals surface area (Å²) in [5.74, 6) is 1.86. The zero-order valence-electron chi connectivity index (χ0n) is 26.2. The number of rotatable bonds is 4. The fraction of sp³-hybridized carbons (Fsp3) is 0. The molecule has 0 spiro atoms. The second-order valence-corrected chi connectivity index (χ2v) is 12.3. The molecule has 0 aliphatic heterocycles. The van der Waals surface area contributed by atoms with Gasteiger partial charge in [0.15, 0.2) is 17.5 Å². The molecule has 0 atom stereocenters. The minimum Gasteiger partial charge on any atom is -0.456 e. The fourth-order valence-corrected chi connectivity index (χ4v) is 6.95. The van der Waals surface area contributed by atoms with E-state index in [1.165, 1.54) is 16.5 Å². The average molecular weight is 627 g/mol. The maximum absolute atomic E-state index is 6.18. The summed E-state index contributed by atoms with van der Waals surface area (Å²) in [6.45, 7) is 0. The largest absolute Gasteiger partial charge is 0.456 e. The van der Waals surface area contributed by atoms with Gasteiger partial charge in [0.1, 0.15) is 11.2 Å². The summed E-state index contributed by atoms with van der Waals surface area (Å²) in [4.78, 5) is 19.8. The highest BCUT2D eigenvalue weighted by Crippen LogP contribution is 2.38. The van der Waals surface area contributed by atoms with Gasteiger partial charge in [0.25, 0.3) is 0 Å². The van der Waals surface area contributed by atoms with Crippen molar-refractivity contribution in [3.63, 3.8) is 0 Å². The second-order valence-electron chi connectivity index (χ2n) is 12.3. The van der Waals surface area contributed by atoms with Gasteiger partial charge in [0, 0.05) is 39.9 Å². The molecule has 49 heavy (non-hydrogen) atoms. The lowest BCUT2D eigenvalue weighted by molar-refractivity contribution is 0.668. The number of furan rings is 1. The third kappa shape index (κ3) is 4.63. The Hall–Kier alpha value is -6.72. The van der Waals surface area contributed by atoms with Crippen LogP contribution in [0, 0.1) is 0 Å². The van der Waals surface area contributed by atoms with Crippen molar-refractivity contribution in [3.8, 4) is 45.3 Å². The molecule has 0 saturated heterocycles. The molecule has 0 aliphatic rings. The number of benzene rings is 7. The molecule has 0 saturated carbocycles. The van der Waals surface area contributed by atoms with E-state index in [-0.39, 0.29) is 0 Å². The van der Waals surface area contributed by atoms with Crippen LogP contribution in [0.1, 0.15) is 0 Å². The topological polar surface area (TPSA) is 64.7 Å². The van der Waals surface area contributed by atoms with Crippen molar-refractivity contribution in [2.24, 2.45) is 0 Å². The Balaban J connectivity index is 1.18. The Bertz CT molecular complexity index is 2890. The van der Waals surface area contributed by atoms with Crippen molar-refractivity contribution in [1.29, 1.82) is 0 Å². The lowest BCUT2D eigenvalue weighted by Crippen LogP contribution is -2.00. The molecule has 0 radical (unpaired) electrons. The molecule has 0 unspecified atom stereocenters. The summed E-state index contributed by atoms with van der Waals surface area (Å²) in [6.07, 6.45) is 3.63. The van der Waals surface area contributed by atoms with E-state index in [0.29, 0.717) is 17.5 Å². The summed E-state index contributed by atoms with van der Waals surface area (Å²) in [5.41, 5.74) is 6.82. The van der Waals surface area contributed by atoms with E-state index in [2.05, 4.69) is 132 Å². The highest BCUT2D eigenvalue weighted by atomic mass is 16.3. The van der Waals surface area contributed by atoms with Gasteiger partial charge in [0.2, 0.25) is 0 Å². The van der Waals surface area contributed by atoms with Crippen molar-refractivity contribution in [1.82, 2.24) is 19.9 Å². The molecule has 0 aliphatic carbocycles. The lowest BCUT2D eigenvalue weighted by Gasteiger charge is -2.12. The number of nitrogens with zero attached hydrogens (tertiary/aromatic N) is 4. The van der Waals surface area contributed by atoms with Crippen LogP contribution >= 0.6 is 0 Å². The third-order valence-electron chi connectivity index (χ3n) is 9.38. The van der Waals surface area contributed by atoms with Crippen molar-refractivity contribution in [2.75, 3.05) is 0 Å². The van der Waals surface area contributed by atoms with Crippen LogP contribution in [-0.4, -0.2) is 19.9 Å². The molecule has 3 aromatic heterocycles. The fourth-order valence-electron chi connectivity index (χ4n) is 6.95. The first-order chi connectivity index (χ1) is 24.2. The van der Waals surface area contributed by atoms with E-state index < -0.39 is 0 Å². The number of pyridine rings is 1. The van der Waals surface area contributed by atoms with E-state index in [4.69, 9.17) is 19.4 Å². The number of hydrogen-bond acceptors (Lipinski definition) is 5. The van der Waals surface area contributed by atoms with Crippen molar-refractivity contribution < 1.29 is 4.42 Å². The van der Waals surface area contributed by atoms with Crippen LogP contribution in [0.2, 0.25) is 0 Å². The predicted molar refractivity (Wildman–Crippen MR) is 199 cm³/mol. The van der Waals surface area contributed by atoms with Gasteiger partial charge < -0.3 is 4.42 Å². The molecule has 0 bridgehead atoms. The molecule has 0 amide bonds. The van der Waals surface area contributed by atoms with Crippen LogP contribution in [-0.2, 0) is 0 Å². The predicted octanol–water partition coefficient (Wildman–Crippen LogP) is 11.3. The first kappa shape index (κ1) is 27.4. The molecule has 7 aromatic carbocycles. The average Bonchev–Trinajstić information content (AvgIpc) is 3.56. The van der Waals surface area contributed by atoms with Gasteiger partial charge >= 0.3 is 0 Å². The van der Waals surface area contributed by atoms with Gasteiger partial charge in [-0.25, -0.2) is 15.0 Å². The van der Waals surface area contributed by atoms with Gasteiger partial charge in [-0.05, 0) is 79.8 Å².